The number of ether oxygens (including phenoxy) is 1. The van der Waals surface area contributed by atoms with Gasteiger partial charge in [0.25, 0.3) is 0 Å². The number of rotatable bonds is 8. The number of nitrogens with two attached hydrogens (primary N) is 1. The summed E-state index contributed by atoms with van der Waals surface area (Å²) in [7, 11) is -5.98. The van der Waals surface area contributed by atoms with Crippen LogP contribution in [0, 0.1) is 0 Å². The molecule has 0 aromatic carbocycles. The normalized spacial score (nSPS) is 13.2. The summed E-state index contributed by atoms with van der Waals surface area (Å²) in [4.78, 5) is 0. The van der Waals surface area contributed by atoms with Crippen LogP contribution in [-0.2, 0) is 24.6 Å². The summed E-state index contributed by atoms with van der Waals surface area (Å²) >= 11 is 0. The van der Waals surface area contributed by atoms with Crippen molar-refractivity contribution in [1.82, 2.24) is 4.31 Å². The molecular weight excluding hydrogens is 256 g/mol. The van der Waals surface area contributed by atoms with Crippen molar-refractivity contribution in [2.45, 2.75) is 0 Å². The zero-order valence-corrected chi connectivity index (χ0v) is 11.1. The molecule has 0 aromatic rings. The van der Waals surface area contributed by atoms with Crippen LogP contribution in [0.1, 0.15) is 0 Å². The summed E-state index contributed by atoms with van der Waals surface area (Å²) < 4.78 is 51.1. The van der Waals surface area contributed by atoms with Gasteiger partial charge < -0.3 is 10.5 Å². The van der Waals surface area contributed by atoms with Crippen molar-refractivity contribution in [2.24, 2.45) is 5.73 Å². The van der Waals surface area contributed by atoms with E-state index in [4.69, 9.17) is 10.5 Å². The maximum atomic E-state index is 11.7. The minimum Gasteiger partial charge on any atom is -0.383 e. The number of nitrogens with zero attached hydrogens (tertiary/aromatic N) is 1. The average Bonchev–Trinajstić information content (AvgIpc) is 2.07. The Bertz CT molecular complexity index is 389. The van der Waals surface area contributed by atoms with Gasteiger partial charge in [-0.3, -0.25) is 0 Å². The van der Waals surface area contributed by atoms with E-state index in [1.165, 1.54) is 7.11 Å². The maximum Gasteiger partial charge on any atom is 0.228 e. The summed E-state index contributed by atoms with van der Waals surface area (Å²) in [6.45, 7) is 0.516. The molecule has 0 fully saturated rings. The van der Waals surface area contributed by atoms with E-state index in [9.17, 15) is 16.8 Å². The zero-order valence-electron chi connectivity index (χ0n) is 9.42. The van der Waals surface area contributed by atoms with Crippen molar-refractivity contribution in [3.05, 3.63) is 0 Å². The Balaban J connectivity index is 4.75. The molecule has 0 unspecified atom stereocenters. The molecule has 0 spiro atoms. The summed E-state index contributed by atoms with van der Waals surface area (Å²) in [5.41, 5.74) is 5.27. The van der Waals surface area contributed by atoms with Gasteiger partial charge in [0.2, 0.25) is 10.0 Å². The Hall–Kier alpha value is -0.220. The fourth-order valence-electron chi connectivity index (χ4n) is 1.07. The Morgan fingerprint density at radius 1 is 1.19 bits per heavy atom. The lowest BCUT2D eigenvalue weighted by Gasteiger charge is -2.20. The van der Waals surface area contributed by atoms with E-state index in [0.717, 1.165) is 10.6 Å². The Morgan fingerprint density at radius 3 is 2.12 bits per heavy atom. The van der Waals surface area contributed by atoms with Gasteiger partial charge in [0.1, 0.15) is 0 Å². The van der Waals surface area contributed by atoms with Gasteiger partial charge in [0, 0.05) is 33.0 Å². The summed E-state index contributed by atoms with van der Waals surface area (Å²) in [5.74, 6) is 0. The second-order valence-electron chi connectivity index (χ2n) is 3.34. The van der Waals surface area contributed by atoms with Crippen LogP contribution in [0.5, 0.6) is 0 Å². The Labute approximate surface area is 96.5 Å². The summed E-state index contributed by atoms with van der Waals surface area (Å²) in [6.07, 6.45) is 0.876. The van der Waals surface area contributed by atoms with Crippen LogP contribution in [-0.4, -0.2) is 65.8 Å². The van der Waals surface area contributed by atoms with E-state index in [1.807, 2.05) is 0 Å². The largest absolute Gasteiger partial charge is 0.383 e. The second kappa shape index (κ2) is 6.50. The lowest BCUT2D eigenvalue weighted by molar-refractivity contribution is 0.180. The first-order valence-corrected chi connectivity index (χ1v) is 8.24. The van der Waals surface area contributed by atoms with Crippen molar-refractivity contribution >= 4 is 19.9 Å². The van der Waals surface area contributed by atoms with Crippen LogP contribution in [0.2, 0.25) is 0 Å². The predicted molar refractivity (Wildman–Crippen MR) is 61.1 cm³/mol. The second-order valence-corrected chi connectivity index (χ2v) is 7.81. The first kappa shape index (κ1) is 15.8. The van der Waals surface area contributed by atoms with Gasteiger partial charge in [-0.25, -0.2) is 16.8 Å². The summed E-state index contributed by atoms with van der Waals surface area (Å²) in [5, 5.41) is -0.899. The average molecular weight is 274 g/mol. The highest BCUT2D eigenvalue weighted by Gasteiger charge is 2.25. The molecule has 0 aliphatic rings. The number of hydrogen-bond acceptors (Lipinski definition) is 6. The van der Waals surface area contributed by atoms with Crippen LogP contribution in [0.4, 0.5) is 0 Å². The van der Waals surface area contributed by atoms with Gasteiger partial charge in [-0.05, 0) is 0 Å². The van der Waals surface area contributed by atoms with Crippen LogP contribution in [0.25, 0.3) is 0 Å². The first-order valence-electron chi connectivity index (χ1n) is 4.57. The van der Waals surface area contributed by atoms with E-state index in [0.29, 0.717) is 0 Å². The molecule has 0 atom stereocenters. The molecule has 9 heteroatoms. The van der Waals surface area contributed by atoms with Gasteiger partial charge in [0.05, 0.1) is 6.61 Å². The predicted octanol–water partition coefficient (Wildman–Crippen LogP) is -1.77. The van der Waals surface area contributed by atoms with E-state index < -0.39 is 24.9 Å². The number of hydrogen-bond donors (Lipinski definition) is 1. The highest BCUT2D eigenvalue weighted by molar-refractivity contribution is 8.06. The zero-order chi connectivity index (χ0) is 12.8. The fourth-order valence-corrected chi connectivity index (χ4v) is 4.57. The van der Waals surface area contributed by atoms with E-state index in [2.05, 4.69) is 0 Å². The molecular formula is C7H18N2O5S2. The highest BCUT2D eigenvalue weighted by Crippen LogP contribution is 2.04. The maximum absolute atomic E-state index is 11.7. The Kier molecular flexibility index (Phi) is 6.41. The van der Waals surface area contributed by atoms with Crippen molar-refractivity contribution in [3.8, 4) is 0 Å². The highest BCUT2D eigenvalue weighted by atomic mass is 32.3. The monoisotopic (exact) mass is 274 g/mol. The summed E-state index contributed by atoms with van der Waals surface area (Å²) in [6, 6.07) is 0. The van der Waals surface area contributed by atoms with E-state index in [-0.39, 0.29) is 26.2 Å². The molecule has 0 bridgehead atoms. The third-order valence-electron chi connectivity index (χ3n) is 1.68. The topological polar surface area (TPSA) is 107 Å². The Morgan fingerprint density at radius 2 is 1.75 bits per heavy atom. The smallest absolute Gasteiger partial charge is 0.228 e. The molecule has 0 aromatic heterocycles. The number of methoxy groups -OCH3 is 1. The first-order chi connectivity index (χ1) is 7.23. The van der Waals surface area contributed by atoms with Crippen LogP contribution < -0.4 is 5.73 Å². The van der Waals surface area contributed by atoms with Gasteiger partial charge in [-0.1, -0.05) is 0 Å². The van der Waals surface area contributed by atoms with Crippen LogP contribution in [0.3, 0.4) is 0 Å². The van der Waals surface area contributed by atoms with E-state index in [1.54, 1.807) is 0 Å². The molecule has 16 heavy (non-hydrogen) atoms. The van der Waals surface area contributed by atoms with E-state index >= 15 is 0 Å². The van der Waals surface area contributed by atoms with Gasteiger partial charge >= 0.3 is 0 Å². The van der Waals surface area contributed by atoms with Crippen LogP contribution >= 0.6 is 0 Å². The lowest BCUT2D eigenvalue weighted by atomic mass is 10.6. The van der Waals surface area contributed by atoms with Gasteiger partial charge in [-0.15, -0.1) is 0 Å². The third-order valence-corrected chi connectivity index (χ3v) is 5.74. The number of sulfonamides is 1. The quantitative estimate of drug-likeness (QED) is 0.561. The molecule has 0 heterocycles. The standard InChI is InChI=1S/C7H18N2O5S2/c1-14-6-5-9(4-3-8)16(12,13)7-15(2,10)11/h3-8H2,1-2H3. The van der Waals surface area contributed by atoms with Crippen LogP contribution in [0.15, 0.2) is 0 Å². The minimum atomic E-state index is -3.83. The molecule has 0 amide bonds. The molecule has 0 aliphatic carbocycles. The molecule has 7 nitrogen and oxygen atoms in total. The molecule has 0 saturated carbocycles. The number of sulfone groups is 1. The van der Waals surface area contributed by atoms with Crippen molar-refractivity contribution in [1.29, 1.82) is 0 Å². The van der Waals surface area contributed by atoms with Crippen molar-refractivity contribution in [3.63, 3.8) is 0 Å². The molecule has 0 aliphatic heterocycles. The minimum absolute atomic E-state index is 0.0845. The van der Waals surface area contributed by atoms with Gasteiger partial charge in [-0.2, -0.15) is 4.31 Å². The lowest BCUT2D eigenvalue weighted by Crippen LogP contribution is -2.40. The fraction of sp³-hybridized carbons (Fsp3) is 1.00. The van der Waals surface area contributed by atoms with Crippen molar-refractivity contribution in [2.75, 3.05) is 44.7 Å². The molecule has 98 valence electrons. The molecule has 2 N–H and O–H groups in total. The molecule has 0 rings (SSSR count). The third kappa shape index (κ3) is 6.38. The molecule has 0 saturated heterocycles. The van der Waals surface area contributed by atoms with Gasteiger partial charge in [0.15, 0.2) is 14.9 Å². The van der Waals surface area contributed by atoms with Crippen molar-refractivity contribution < 1.29 is 21.6 Å². The molecule has 0 radical (unpaired) electrons. The SMILES string of the molecule is COCCN(CCN)S(=O)(=O)CS(C)(=O)=O.